The van der Waals surface area contributed by atoms with Gasteiger partial charge in [-0.2, -0.15) is 0 Å². The van der Waals surface area contributed by atoms with Crippen LogP contribution in [0.2, 0.25) is 0 Å². The van der Waals surface area contributed by atoms with Gasteiger partial charge in [-0.15, -0.1) is 0 Å². The molecule has 1 aliphatic rings. The molecule has 1 rings (SSSR count). The third kappa shape index (κ3) is 4.13. The van der Waals surface area contributed by atoms with Gasteiger partial charge < -0.3 is 4.90 Å². The van der Waals surface area contributed by atoms with Crippen molar-refractivity contribution in [2.24, 2.45) is 5.92 Å². The van der Waals surface area contributed by atoms with Gasteiger partial charge in [-0.05, 0) is 18.8 Å². The molecule has 0 spiro atoms. The number of carbonyl (C=O) groups is 1. The van der Waals surface area contributed by atoms with Gasteiger partial charge in [0, 0.05) is 24.3 Å². The maximum atomic E-state index is 12.0. The number of amides is 1. The van der Waals surface area contributed by atoms with Crippen LogP contribution in [0.3, 0.4) is 0 Å². The van der Waals surface area contributed by atoms with Gasteiger partial charge in [0.1, 0.15) is 0 Å². The van der Waals surface area contributed by atoms with Crippen LogP contribution < -0.4 is 0 Å². The van der Waals surface area contributed by atoms with E-state index >= 15 is 0 Å². The maximum Gasteiger partial charge on any atom is 0.223 e. The van der Waals surface area contributed by atoms with Crippen molar-refractivity contribution >= 4 is 21.8 Å². The Morgan fingerprint density at radius 2 is 2.00 bits per heavy atom. The minimum Gasteiger partial charge on any atom is -0.339 e. The summed E-state index contributed by atoms with van der Waals surface area (Å²) in [5.41, 5.74) is 0. The zero-order valence-electron chi connectivity index (χ0n) is 9.84. The number of carbonyl (C=O) groups excluding carboxylic acids is 1. The summed E-state index contributed by atoms with van der Waals surface area (Å²) in [4.78, 5) is 14.1. The highest BCUT2D eigenvalue weighted by molar-refractivity contribution is 9.09. The number of hydrogen-bond acceptors (Lipinski definition) is 1. The summed E-state index contributed by atoms with van der Waals surface area (Å²) < 4.78 is 0. The predicted octanol–water partition coefficient (Wildman–Crippen LogP) is 3.20. The van der Waals surface area contributed by atoms with Gasteiger partial charge >= 0.3 is 0 Å². The summed E-state index contributed by atoms with van der Waals surface area (Å²) in [5.74, 6) is 0.900. The van der Waals surface area contributed by atoms with E-state index in [-0.39, 0.29) is 0 Å². The van der Waals surface area contributed by atoms with Crippen LogP contribution in [0.15, 0.2) is 0 Å². The van der Waals surface area contributed by atoms with E-state index in [1.165, 1.54) is 25.7 Å². The fraction of sp³-hybridized carbons (Fsp3) is 0.917. The smallest absolute Gasteiger partial charge is 0.223 e. The van der Waals surface area contributed by atoms with Gasteiger partial charge in [0.2, 0.25) is 5.91 Å². The largest absolute Gasteiger partial charge is 0.339 e. The molecule has 0 aromatic rings. The highest BCUT2D eigenvalue weighted by atomic mass is 79.9. The quantitative estimate of drug-likeness (QED) is 0.706. The topological polar surface area (TPSA) is 20.3 Å². The van der Waals surface area contributed by atoms with Crippen molar-refractivity contribution in [2.75, 3.05) is 11.9 Å². The number of rotatable bonds is 5. The van der Waals surface area contributed by atoms with Crippen LogP contribution in [0.25, 0.3) is 0 Å². The van der Waals surface area contributed by atoms with Crippen LogP contribution in [-0.2, 0) is 4.79 Å². The van der Waals surface area contributed by atoms with E-state index in [1.807, 2.05) is 0 Å². The number of alkyl halides is 1. The molecule has 0 aromatic heterocycles. The SMILES string of the molecule is CC(C)CN(C(=O)CCBr)C1CCCC1. The first-order chi connectivity index (χ1) is 7.15. The minimum absolute atomic E-state index is 0.326. The Kier molecular flexibility index (Phi) is 5.65. The first kappa shape index (κ1) is 13.0. The third-order valence-electron chi connectivity index (χ3n) is 2.96. The van der Waals surface area contributed by atoms with Gasteiger partial charge in [0.25, 0.3) is 0 Å². The summed E-state index contributed by atoms with van der Waals surface area (Å²) in [6, 6.07) is 0.527. The second-order valence-corrected chi connectivity index (χ2v) is 5.61. The molecule has 88 valence electrons. The summed E-state index contributed by atoms with van der Waals surface area (Å²) in [6.45, 7) is 5.29. The van der Waals surface area contributed by atoms with Crippen LogP contribution in [0.5, 0.6) is 0 Å². The highest BCUT2D eigenvalue weighted by Crippen LogP contribution is 2.24. The Morgan fingerprint density at radius 3 is 2.47 bits per heavy atom. The fourth-order valence-electron chi connectivity index (χ4n) is 2.29. The Bertz CT molecular complexity index is 200. The Labute approximate surface area is 102 Å². The molecule has 0 aromatic carbocycles. The average Bonchev–Trinajstić information content (AvgIpc) is 2.66. The van der Waals surface area contributed by atoms with E-state index in [9.17, 15) is 4.79 Å². The number of halogens is 1. The van der Waals surface area contributed by atoms with Crippen LogP contribution in [0.1, 0.15) is 46.0 Å². The van der Waals surface area contributed by atoms with E-state index in [0.29, 0.717) is 24.3 Å². The van der Waals surface area contributed by atoms with Crippen molar-refractivity contribution in [1.82, 2.24) is 4.90 Å². The van der Waals surface area contributed by atoms with Gasteiger partial charge in [-0.25, -0.2) is 0 Å². The van der Waals surface area contributed by atoms with E-state index in [2.05, 4.69) is 34.7 Å². The summed E-state index contributed by atoms with van der Waals surface area (Å²) in [6.07, 6.45) is 5.65. The van der Waals surface area contributed by atoms with Crippen LogP contribution in [0.4, 0.5) is 0 Å². The molecule has 0 atom stereocenters. The first-order valence-electron chi connectivity index (χ1n) is 6.00. The molecular weight excluding hydrogens is 254 g/mol. The summed E-state index contributed by atoms with van der Waals surface area (Å²) in [7, 11) is 0. The van der Waals surface area contributed by atoms with Crippen molar-refractivity contribution in [3.05, 3.63) is 0 Å². The molecular formula is C12H22BrNO. The van der Waals surface area contributed by atoms with Crippen molar-refractivity contribution < 1.29 is 4.79 Å². The third-order valence-corrected chi connectivity index (χ3v) is 3.35. The first-order valence-corrected chi connectivity index (χ1v) is 7.12. The average molecular weight is 276 g/mol. The normalized spacial score (nSPS) is 17.3. The molecule has 0 bridgehead atoms. The highest BCUT2D eigenvalue weighted by Gasteiger charge is 2.26. The molecule has 0 N–H and O–H groups in total. The zero-order valence-corrected chi connectivity index (χ0v) is 11.4. The van der Waals surface area contributed by atoms with Gasteiger partial charge in [0.05, 0.1) is 0 Å². The molecule has 0 heterocycles. The lowest BCUT2D eigenvalue weighted by molar-refractivity contribution is -0.133. The van der Waals surface area contributed by atoms with Gasteiger partial charge in [-0.3, -0.25) is 4.79 Å². The molecule has 2 nitrogen and oxygen atoms in total. The van der Waals surface area contributed by atoms with E-state index in [1.54, 1.807) is 0 Å². The molecule has 1 saturated carbocycles. The molecule has 0 radical (unpaired) electrons. The number of nitrogens with zero attached hydrogens (tertiary/aromatic N) is 1. The lowest BCUT2D eigenvalue weighted by Gasteiger charge is -2.30. The molecule has 15 heavy (non-hydrogen) atoms. The molecule has 1 amide bonds. The van der Waals surface area contributed by atoms with Crippen LogP contribution >= 0.6 is 15.9 Å². The van der Waals surface area contributed by atoms with Crippen molar-refractivity contribution in [1.29, 1.82) is 0 Å². The lowest BCUT2D eigenvalue weighted by Crippen LogP contribution is -2.41. The summed E-state index contributed by atoms with van der Waals surface area (Å²) in [5, 5.41) is 0.785. The standard InChI is InChI=1S/C12H22BrNO/c1-10(2)9-14(12(15)7-8-13)11-5-3-4-6-11/h10-11H,3-9H2,1-2H3. The van der Waals surface area contributed by atoms with Crippen molar-refractivity contribution in [2.45, 2.75) is 52.0 Å². The monoisotopic (exact) mass is 275 g/mol. The fourth-order valence-corrected chi connectivity index (χ4v) is 2.63. The predicted molar refractivity (Wildman–Crippen MR) is 67.2 cm³/mol. The number of hydrogen-bond donors (Lipinski definition) is 0. The second kappa shape index (κ2) is 6.51. The van der Waals surface area contributed by atoms with Crippen LogP contribution in [0, 0.1) is 5.92 Å². The Balaban J connectivity index is 2.54. The van der Waals surface area contributed by atoms with Crippen molar-refractivity contribution in [3.63, 3.8) is 0 Å². The Hall–Kier alpha value is -0.0500. The van der Waals surface area contributed by atoms with Crippen molar-refractivity contribution in [3.8, 4) is 0 Å². The maximum absolute atomic E-state index is 12.0. The minimum atomic E-state index is 0.326. The van der Waals surface area contributed by atoms with Crippen LogP contribution in [-0.4, -0.2) is 28.7 Å². The molecule has 3 heteroatoms. The summed E-state index contributed by atoms with van der Waals surface area (Å²) >= 11 is 3.35. The van der Waals surface area contributed by atoms with Gasteiger partial charge in [0.15, 0.2) is 0 Å². The van der Waals surface area contributed by atoms with E-state index < -0.39 is 0 Å². The molecule has 1 fully saturated rings. The lowest BCUT2D eigenvalue weighted by atomic mass is 10.1. The molecule has 0 aliphatic heterocycles. The zero-order chi connectivity index (χ0) is 11.3. The molecule has 0 unspecified atom stereocenters. The van der Waals surface area contributed by atoms with E-state index in [4.69, 9.17) is 0 Å². The molecule has 0 saturated heterocycles. The molecule has 1 aliphatic carbocycles. The second-order valence-electron chi connectivity index (χ2n) is 4.82. The Morgan fingerprint density at radius 1 is 1.40 bits per heavy atom. The van der Waals surface area contributed by atoms with E-state index in [0.717, 1.165) is 11.9 Å². The van der Waals surface area contributed by atoms with Gasteiger partial charge in [-0.1, -0.05) is 42.6 Å².